The zero-order valence-electron chi connectivity index (χ0n) is 9.71. The highest BCUT2D eigenvalue weighted by Crippen LogP contribution is 2.19. The Morgan fingerprint density at radius 1 is 1.22 bits per heavy atom. The van der Waals surface area contributed by atoms with E-state index in [-0.39, 0.29) is 11.6 Å². The van der Waals surface area contributed by atoms with Crippen molar-refractivity contribution in [1.29, 1.82) is 0 Å². The van der Waals surface area contributed by atoms with Gasteiger partial charge < -0.3 is 5.32 Å². The molecule has 0 fully saturated rings. The van der Waals surface area contributed by atoms with Crippen LogP contribution in [-0.4, -0.2) is 5.91 Å². The molecule has 4 heteroatoms. The number of carbonyl (C=O) groups excluding carboxylic acids is 1. The van der Waals surface area contributed by atoms with E-state index in [9.17, 15) is 9.18 Å². The van der Waals surface area contributed by atoms with Gasteiger partial charge in [-0.2, -0.15) is 0 Å². The molecule has 0 aliphatic heterocycles. The van der Waals surface area contributed by atoms with E-state index in [4.69, 9.17) is 0 Å². The minimum Gasteiger partial charge on any atom is -0.319 e. The Labute approximate surface area is 113 Å². The largest absolute Gasteiger partial charge is 0.319 e. The fourth-order valence-corrected chi connectivity index (χ4v) is 1.95. The van der Waals surface area contributed by atoms with Crippen molar-refractivity contribution in [2.75, 3.05) is 5.32 Å². The van der Waals surface area contributed by atoms with E-state index >= 15 is 0 Å². The van der Waals surface area contributed by atoms with Crippen LogP contribution >= 0.6 is 15.9 Å². The summed E-state index contributed by atoms with van der Waals surface area (Å²) < 4.78 is 14.2. The smallest absolute Gasteiger partial charge is 0.256 e. The molecule has 18 heavy (non-hydrogen) atoms. The molecule has 0 radical (unpaired) electrons. The molecule has 2 aromatic carbocycles. The molecule has 0 bridgehead atoms. The summed E-state index contributed by atoms with van der Waals surface area (Å²) in [5.74, 6) is -0.766. The monoisotopic (exact) mass is 307 g/mol. The van der Waals surface area contributed by atoms with Crippen molar-refractivity contribution in [2.24, 2.45) is 0 Å². The van der Waals surface area contributed by atoms with E-state index in [1.807, 2.05) is 19.1 Å². The highest BCUT2D eigenvalue weighted by Gasteiger charge is 2.11. The first-order valence-electron chi connectivity index (χ1n) is 5.40. The number of para-hydroxylation sites is 1. The predicted octanol–water partition coefficient (Wildman–Crippen LogP) is 4.15. The Hall–Kier alpha value is -1.68. The van der Waals surface area contributed by atoms with Crippen molar-refractivity contribution in [2.45, 2.75) is 6.92 Å². The molecule has 1 N–H and O–H groups in total. The summed E-state index contributed by atoms with van der Waals surface area (Å²) in [6.45, 7) is 1.84. The summed E-state index contributed by atoms with van der Waals surface area (Å²) >= 11 is 3.31. The minimum atomic E-state index is -0.446. The Balaban J connectivity index is 2.28. The minimum absolute atomic E-state index is 0.182. The van der Waals surface area contributed by atoms with Crippen molar-refractivity contribution in [3.05, 3.63) is 63.9 Å². The highest BCUT2D eigenvalue weighted by atomic mass is 79.9. The van der Waals surface area contributed by atoms with Gasteiger partial charge in [-0.25, -0.2) is 4.39 Å². The molecule has 2 rings (SSSR count). The first kappa shape index (κ1) is 12.8. The lowest BCUT2D eigenvalue weighted by Crippen LogP contribution is -2.14. The standard InChI is InChI=1S/C14H11BrFNO/c1-9-6-7-10(15)8-11(9)14(18)17-13-5-3-2-4-12(13)16/h2-8H,1H3,(H,17,18). The number of hydrogen-bond acceptors (Lipinski definition) is 1. The van der Waals surface area contributed by atoms with Crippen LogP contribution in [0.4, 0.5) is 10.1 Å². The second-order valence-electron chi connectivity index (χ2n) is 3.89. The maximum absolute atomic E-state index is 13.4. The summed E-state index contributed by atoms with van der Waals surface area (Å²) in [4.78, 5) is 12.0. The van der Waals surface area contributed by atoms with E-state index in [0.29, 0.717) is 5.56 Å². The second-order valence-corrected chi connectivity index (χ2v) is 4.81. The van der Waals surface area contributed by atoms with Gasteiger partial charge in [0.25, 0.3) is 5.91 Å². The zero-order valence-corrected chi connectivity index (χ0v) is 11.3. The van der Waals surface area contributed by atoms with Crippen LogP contribution in [0, 0.1) is 12.7 Å². The van der Waals surface area contributed by atoms with Crippen LogP contribution in [0.1, 0.15) is 15.9 Å². The number of anilines is 1. The molecule has 2 aromatic rings. The molecule has 0 aromatic heterocycles. The lowest BCUT2D eigenvalue weighted by atomic mass is 10.1. The number of rotatable bonds is 2. The molecule has 92 valence electrons. The zero-order chi connectivity index (χ0) is 13.1. The molecule has 0 saturated carbocycles. The van der Waals surface area contributed by atoms with Crippen LogP contribution < -0.4 is 5.32 Å². The van der Waals surface area contributed by atoms with Gasteiger partial charge in [0, 0.05) is 10.0 Å². The molecular formula is C14H11BrFNO. The molecule has 0 heterocycles. The average Bonchev–Trinajstić information content (AvgIpc) is 2.35. The van der Waals surface area contributed by atoms with Gasteiger partial charge in [0.05, 0.1) is 5.69 Å². The predicted molar refractivity (Wildman–Crippen MR) is 73.2 cm³/mol. The van der Waals surface area contributed by atoms with Gasteiger partial charge in [0.15, 0.2) is 0 Å². The fraction of sp³-hybridized carbons (Fsp3) is 0.0714. The topological polar surface area (TPSA) is 29.1 Å². The lowest BCUT2D eigenvalue weighted by molar-refractivity contribution is 0.102. The Bertz CT molecular complexity index is 598. The van der Waals surface area contributed by atoms with E-state index in [0.717, 1.165) is 10.0 Å². The summed E-state index contributed by atoms with van der Waals surface area (Å²) in [6, 6.07) is 11.5. The Morgan fingerprint density at radius 2 is 1.94 bits per heavy atom. The van der Waals surface area contributed by atoms with Gasteiger partial charge in [-0.05, 0) is 36.8 Å². The van der Waals surface area contributed by atoms with Gasteiger partial charge in [-0.15, -0.1) is 0 Å². The van der Waals surface area contributed by atoms with Crippen molar-refractivity contribution < 1.29 is 9.18 Å². The highest BCUT2D eigenvalue weighted by molar-refractivity contribution is 9.10. The van der Waals surface area contributed by atoms with E-state index < -0.39 is 5.82 Å². The summed E-state index contributed by atoms with van der Waals surface area (Å²) in [5, 5.41) is 2.56. The number of halogens is 2. The molecule has 1 amide bonds. The van der Waals surface area contributed by atoms with Crippen LogP contribution in [0.5, 0.6) is 0 Å². The average molecular weight is 308 g/mol. The maximum Gasteiger partial charge on any atom is 0.256 e. The molecular weight excluding hydrogens is 297 g/mol. The second kappa shape index (κ2) is 5.31. The number of amides is 1. The lowest BCUT2D eigenvalue weighted by Gasteiger charge is -2.08. The van der Waals surface area contributed by atoms with Crippen LogP contribution in [-0.2, 0) is 0 Å². The SMILES string of the molecule is Cc1ccc(Br)cc1C(=O)Nc1ccccc1F. The van der Waals surface area contributed by atoms with Crippen molar-refractivity contribution >= 4 is 27.5 Å². The van der Waals surface area contributed by atoms with Crippen molar-refractivity contribution in [1.82, 2.24) is 0 Å². The number of carbonyl (C=O) groups is 1. The van der Waals surface area contributed by atoms with Crippen LogP contribution in [0.2, 0.25) is 0 Å². The maximum atomic E-state index is 13.4. The molecule has 0 aliphatic rings. The summed E-state index contributed by atoms with van der Waals surface area (Å²) in [6.07, 6.45) is 0. The summed E-state index contributed by atoms with van der Waals surface area (Å²) in [5.41, 5.74) is 1.54. The van der Waals surface area contributed by atoms with Crippen LogP contribution in [0.3, 0.4) is 0 Å². The van der Waals surface area contributed by atoms with Crippen LogP contribution in [0.15, 0.2) is 46.9 Å². The number of nitrogens with one attached hydrogen (secondary N) is 1. The molecule has 0 saturated heterocycles. The van der Waals surface area contributed by atoms with Gasteiger partial charge >= 0.3 is 0 Å². The van der Waals surface area contributed by atoms with Crippen LogP contribution in [0.25, 0.3) is 0 Å². The Kier molecular flexibility index (Phi) is 3.77. The third-order valence-electron chi connectivity index (χ3n) is 2.57. The van der Waals surface area contributed by atoms with E-state index in [1.54, 1.807) is 18.2 Å². The number of hydrogen-bond donors (Lipinski definition) is 1. The molecule has 0 aliphatic carbocycles. The van der Waals surface area contributed by atoms with Crippen molar-refractivity contribution in [3.63, 3.8) is 0 Å². The van der Waals surface area contributed by atoms with Crippen molar-refractivity contribution in [3.8, 4) is 0 Å². The third-order valence-corrected chi connectivity index (χ3v) is 3.06. The van der Waals surface area contributed by atoms with Gasteiger partial charge in [-0.1, -0.05) is 34.1 Å². The first-order chi connectivity index (χ1) is 8.58. The summed E-state index contributed by atoms with van der Waals surface area (Å²) in [7, 11) is 0. The first-order valence-corrected chi connectivity index (χ1v) is 6.19. The van der Waals surface area contributed by atoms with Gasteiger partial charge in [0.2, 0.25) is 0 Å². The molecule has 2 nitrogen and oxygen atoms in total. The number of aryl methyl sites for hydroxylation is 1. The normalized spacial score (nSPS) is 10.2. The van der Waals surface area contributed by atoms with Gasteiger partial charge in [-0.3, -0.25) is 4.79 Å². The molecule has 0 atom stereocenters. The molecule has 0 unspecified atom stereocenters. The van der Waals surface area contributed by atoms with E-state index in [1.165, 1.54) is 12.1 Å². The van der Waals surface area contributed by atoms with E-state index in [2.05, 4.69) is 21.2 Å². The third kappa shape index (κ3) is 2.76. The van der Waals surface area contributed by atoms with Gasteiger partial charge in [0.1, 0.15) is 5.82 Å². The Morgan fingerprint density at radius 3 is 2.67 bits per heavy atom. The fourth-order valence-electron chi connectivity index (χ4n) is 1.59. The molecule has 0 spiro atoms. The number of benzene rings is 2. The quantitative estimate of drug-likeness (QED) is 0.887.